The van der Waals surface area contributed by atoms with Crippen LogP contribution in [0.15, 0.2) is 35.1 Å². The van der Waals surface area contributed by atoms with Crippen molar-refractivity contribution in [3.05, 3.63) is 36.4 Å². The van der Waals surface area contributed by atoms with E-state index >= 15 is 0 Å². The lowest BCUT2D eigenvalue weighted by Gasteiger charge is -2.29. The van der Waals surface area contributed by atoms with E-state index in [1.165, 1.54) is 12.1 Å². The van der Waals surface area contributed by atoms with Crippen LogP contribution in [0.1, 0.15) is 38.2 Å². The maximum atomic E-state index is 11.9. The molecule has 1 fully saturated rings. The molecular weight excluding hydrogens is 374 g/mol. The van der Waals surface area contributed by atoms with Gasteiger partial charge in [0.25, 0.3) is 6.47 Å². The Kier molecular flexibility index (Phi) is 8.21. The number of hydrogen-bond donors (Lipinski definition) is 1. The van der Waals surface area contributed by atoms with Gasteiger partial charge in [0.15, 0.2) is 17.8 Å². The molecule has 0 atom stereocenters. The molecule has 0 spiro atoms. The molecule has 2 heterocycles. The lowest BCUT2D eigenvalue weighted by molar-refractivity contribution is -0.138. The van der Waals surface area contributed by atoms with Crippen LogP contribution in [0.25, 0.3) is 11.3 Å². The number of carbonyl (C=O) groups excluding carboxylic acids is 2. The van der Waals surface area contributed by atoms with E-state index < -0.39 is 5.97 Å². The maximum absolute atomic E-state index is 11.9. The number of anilines is 1. The fraction of sp³-hybridized carbons (Fsp3) is 0.476. The highest BCUT2D eigenvalue weighted by Gasteiger charge is 2.19. The number of carbonyl (C=O) groups is 2. The molecule has 0 amide bonds. The smallest absolute Gasteiger partial charge is 0.360 e. The lowest BCUT2D eigenvalue weighted by Crippen LogP contribution is -2.43. The zero-order valence-corrected chi connectivity index (χ0v) is 17.4. The summed E-state index contributed by atoms with van der Waals surface area (Å²) in [5, 5.41) is 3.33. The van der Waals surface area contributed by atoms with Crippen LogP contribution in [-0.2, 0) is 14.3 Å². The van der Waals surface area contributed by atoms with Gasteiger partial charge in [-0.15, -0.1) is 0 Å². The number of piperazine rings is 1. The van der Waals surface area contributed by atoms with Crippen molar-refractivity contribution in [2.75, 3.05) is 37.7 Å². The van der Waals surface area contributed by atoms with E-state index in [9.17, 15) is 9.59 Å². The van der Waals surface area contributed by atoms with Crippen molar-refractivity contribution in [2.24, 2.45) is 0 Å². The minimum absolute atomic E-state index is 0.219. The first-order chi connectivity index (χ1) is 13.9. The van der Waals surface area contributed by atoms with Crippen molar-refractivity contribution in [1.82, 2.24) is 10.3 Å². The predicted molar refractivity (Wildman–Crippen MR) is 110 cm³/mol. The molecule has 0 radical (unpaired) electrons. The number of oxazole rings is 1. The van der Waals surface area contributed by atoms with Crippen molar-refractivity contribution in [1.29, 1.82) is 0 Å². The molecule has 29 heavy (non-hydrogen) atoms. The summed E-state index contributed by atoms with van der Waals surface area (Å²) >= 11 is 0. The van der Waals surface area contributed by atoms with Crippen LogP contribution >= 0.6 is 0 Å². The molecule has 1 N–H and O–H groups in total. The Bertz CT molecular complexity index is 774. The van der Waals surface area contributed by atoms with Gasteiger partial charge in [-0.3, -0.25) is 4.79 Å². The van der Waals surface area contributed by atoms with Gasteiger partial charge >= 0.3 is 5.97 Å². The van der Waals surface area contributed by atoms with Crippen molar-refractivity contribution in [3.63, 3.8) is 0 Å². The van der Waals surface area contributed by atoms with Gasteiger partial charge in [0, 0.05) is 37.4 Å². The number of aromatic nitrogens is 1. The van der Waals surface area contributed by atoms with Crippen LogP contribution < -0.4 is 10.2 Å². The third-order valence-electron chi connectivity index (χ3n) is 4.05. The molecule has 0 saturated carbocycles. The lowest BCUT2D eigenvalue weighted by atomic mass is 10.1. The molecule has 158 valence electrons. The average molecular weight is 403 g/mol. The Morgan fingerprint density at radius 1 is 1.24 bits per heavy atom. The summed E-state index contributed by atoms with van der Waals surface area (Å²) in [6.45, 7) is 12.0. The number of rotatable bonds is 5. The van der Waals surface area contributed by atoms with Crippen molar-refractivity contribution >= 4 is 18.1 Å². The van der Waals surface area contributed by atoms with Gasteiger partial charge in [0.1, 0.15) is 5.60 Å². The Labute approximate surface area is 171 Å². The Balaban J connectivity index is 0.000000370. The predicted octanol–water partition coefficient (Wildman–Crippen LogP) is 2.89. The normalized spacial score (nSPS) is 13.9. The maximum Gasteiger partial charge on any atom is 0.360 e. The highest BCUT2D eigenvalue weighted by atomic mass is 16.5. The third kappa shape index (κ3) is 6.90. The fourth-order valence-electron chi connectivity index (χ4n) is 2.69. The molecule has 1 aromatic carbocycles. The van der Waals surface area contributed by atoms with Crippen molar-refractivity contribution < 1.29 is 23.5 Å². The molecule has 1 aliphatic rings. The fourth-order valence-corrected chi connectivity index (χ4v) is 2.69. The van der Waals surface area contributed by atoms with Crippen molar-refractivity contribution in [2.45, 2.75) is 33.3 Å². The second kappa shape index (κ2) is 10.6. The van der Waals surface area contributed by atoms with Gasteiger partial charge in [-0.1, -0.05) is 0 Å². The summed E-state index contributed by atoms with van der Waals surface area (Å²) < 4.78 is 14.9. The number of nitrogens with zero attached hydrogens (tertiary/aromatic N) is 2. The Morgan fingerprint density at radius 2 is 1.90 bits per heavy atom. The monoisotopic (exact) mass is 403 g/mol. The number of esters is 1. The van der Waals surface area contributed by atoms with E-state index in [2.05, 4.69) is 19.9 Å². The minimum atomic E-state index is -0.461. The zero-order chi connectivity index (χ0) is 21.3. The number of nitrogens with one attached hydrogen (secondary N) is 1. The largest absolute Gasteiger partial charge is 0.462 e. The first-order valence-electron chi connectivity index (χ1n) is 9.64. The first-order valence-corrected chi connectivity index (χ1v) is 9.64. The van der Waals surface area contributed by atoms with Gasteiger partial charge in [0.2, 0.25) is 0 Å². The van der Waals surface area contributed by atoms with E-state index in [0.29, 0.717) is 18.8 Å². The molecule has 1 saturated heterocycles. The first kappa shape index (κ1) is 22.4. The third-order valence-corrected chi connectivity index (χ3v) is 4.05. The molecule has 1 aromatic heterocycles. The molecule has 0 aliphatic carbocycles. The molecule has 0 unspecified atom stereocenters. The van der Waals surface area contributed by atoms with Crippen LogP contribution in [0, 0.1) is 0 Å². The number of ether oxygens (including phenoxy) is 2. The van der Waals surface area contributed by atoms with Gasteiger partial charge < -0.3 is 24.1 Å². The second-order valence-electron chi connectivity index (χ2n) is 7.36. The average Bonchev–Trinajstić information content (AvgIpc) is 3.19. The van der Waals surface area contributed by atoms with Crippen LogP contribution in [0.5, 0.6) is 0 Å². The van der Waals surface area contributed by atoms with E-state index in [0.717, 1.165) is 31.7 Å². The van der Waals surface area contributed by atoms with Crippen LogP contribution in [0.3, 0.4) is 0 Å². The summed E-state index contributed by atoms with van der Waals surface area (Å²) in [6, 6.07) is 7.97. The molecule has 1 aliphatic heterocycles. The van der Waals surface area contributed by atoms with Gasteiger partial charge in [-0.05, 0) is 52.0 Å². The number of hydrogen-bond acceptors (Lipinski definition) is 8. The van der Waals surface area contributed by atoms with Gasteiger partial charge in [-0.2, -0.15) is 0 Å². The molecule has 0 bridgehead atoms. The SMILES string of the molecule is CC(C)(C)OC=O.CCOC(=O)c1ncoc1-c1ccc(N2CCNCC2)cc1. The highest BCUT2D eigenvalue weighted by molar-refractivity contribution is 5.93. The molecule has 8 nitrogen and oxygen atoms in total. The summed E-state index contributed by atoms with van der Waals surface area (Å²) in [7, 11) is 0. The van der Waals surface area contributed by atoms with Crippen LogP contribution in [0.4, 0.5) is 5.69 Å². The Morgan fingerprint density at radius 3 is 2.41 bits per heavy atom. The molecule has 3 rings (SSSR count). The highest BCUT2D eigenvalue weighted by Crippen LogP contribution is 2.26. The van der Waals surface area contributed by atoms with Gasteiger partial charge in [-0.25, -0.2) is 9.78 Å². The van der Waals surface area contributed by atoms with Gasteiger partial charge in [0.05, 0.1) is 6.61 Å². The second-order valence-corrected chi connectivity index (χ2v) is 7.36. The standard InChI is InChI=1S/C16H19N3O3.C5H10O2/c1-2-21-16(20)14-15(22-11-18-14)12-3-5-13(6-4-12)19-9-7-17-8-10-19;1-5(2,3)7-4-6/h3-6,11,17H,2,7-10H2,1H3;4H,1-3H3. The summed E-state index contributed by atoms with van der Waals surface area (Å²) in [5.41, 5.74) is 1.89. The van der Waals surface area contributed by atoms with Crippen molar-refractivity contribution in [3.8, 4) is 11.3 Å². The molecule has 8 heteroatoms. The quantitative estimate of drug-likeness (QED) is 0.602. The topological polar surface area (TPSA) is 93.9 Å². The zero-order valence-electron chi connectivity index (χ0n) is 17.4. The molecule has 2 aromatic rings. The van der Waals surface area contributed by atoms with Crippen LogP contribution in [-0.4, -0.2) is 55.8 Å². The van der Waals surface area contributed by atoms with E-state index in [1.54, 1.807) is 6.92 Å². The summed E-state index contributed by atoms with van der Waals surface area (Å²) in [6.07, 6.45) is 1.27. The van der Waals surface area contributed by atoms with E-state index in [-0.39, 0.29) is 11.3 Å². The molecular formula is C21H29N3O5. The Hall–Kier alpha value is -2.87. The van der Waals surface area contributed by atoms with E-state index in [1.807, 2.05) is 45.0 Å². The number of benzene rings is 1. The summed E-state index contributed by atoms with van der Waals surface area (Å²) in [5.74, 6) is -0.0113. The van der Waals surface area contributed by atoms with Crippen LogP contribution in [0.2, 0.25) is 0 Å². The minimum Gasteiger partial charge on any atom is -0.462 e. The summed E-state index contributed by atoms with van der Waals surface area (Å²) in [4.78, 5) is 27.7. The van der Waals surface area contributed by atoms with E-state index in [4.69, 9.17) is 9.15 Å².